The minimum atomic E-state index is -0.938. The Morgan fingerprint density at radius 3 is 2.85 bits per heavy atom. The van der Waals surface area contributed by atoms with Crippen LogP contribution in [0, 0.1) is 6.92 Å². The van der Waals surface area contributed by atoms with Crippen LogP contribution in [0.25, 0.3) is 10.6 Å². The minimum absolute atomic E-state index is 0.170. The number of aromatic nitrogens is 3. The van der Waals surface area contributed by atoms with Crippen molar-refractivity contribution in [2.45, 2.75) is 20.0 Å². The van der Waals surface area contributed by atoms with Gasteiger partial charge in [-0.15, -0.1) is 11.3 Å². The van der Waals surface area contributed by atoms with Crippen molar-refractivity contribution in [3.05, 3.63) is 53.3 Å². The number of carbonyl (C=O) groups is 2. The van der Waals surface area contributed by atoms with Gasteiger partial charge in [0.25, 0.3) is 5.91 Å². The van der Waals surface area contributed by atoms with E-state index < -0.39 is 18.0 Å². The Morgan fingerprint density at radius 1 is 1.35 bits per heavy atom. The van der Waals surface area contributed by atoms with E-state index in [0.29, 0.717) is 10.7 Å². The average molecular weight is 370 g/mol. The summed E-state index contributed by atoms with van der Waals surface area (Å²) in [6.07, 6.45) is 2.55. The third kappa shape index (κ3) is 4.15. The summed E-state index contributed by atoms with van der Waals surface area (Å²) in [5, 5.41) is 9.08. The van der Waals surface area contributed by atoms with E-state index in [1.165, 1.54) is 18.3 Å². The van der Waals surface area contributed by atoms with Crippen molar-refractivity contribution >= 4 is 28.9 Å². The van der Waals surface area contributed by atoms with Crippen molar-refractivity contribution in [3.63, 3.8) is 0 Å². The molecule has 2 aromatic heterocycles. The lowest BCUT2D eigenvalue weighted by Crippen LogP contribution is -2.30. The van der Waals surface area contributed by atoms with E-state index in [0.717, 1.165) is 11.1 Å². The second-order valence-electron chi connectivity index (χ2n) is 5.85. The van der Waals surface area contributed by atoms with Gasteiger partial charge in [0, 0.05) is 29.9 Å². The Labute approximate surface area is 154 Å². The number of esters is 1. The van der Waals surface area contributed by atoms with Crippen LogP contribution in [0.4, 0.5) is 5.69 Å². The fourth-order valence-corrected chi connectivity index (χ4v) is 3.04. The number of anilines is 1. The smallest absolute Gasteiger partial charge is 0.358 e. The van der Waals surface area contributed by atoms with E-state index >= 15 is 0 Å². The van der Waals surface area contributed by atoms with E-state index in [4.69, 9.17) is 4.74 Å². The molecule has 0 fully saturated rings. The van der Waals surface area contributed by atoms with Crippen molar-refractivity contribution in [3.8, 4) is 10.6 Å². The van der Waals surface area contributed by atoms with Crippen LogP contribution in [0.2, 0.25) is 0 Å². The Bertz CT molecular complexity index is 947. The number of rotatable bonds is 5. The number of thiazole rings is 1. The van der Waals surface area contributed by atoms with Gasteiger partial charge in [-0.2, -0.15) is 5.10 Å². The number of hydrogen-bond acceptors (Lipinski definition) is 6. The van der Waals surface area contributed by atoms with E-state index in [-0.39, 0.29) is 5.69 Å². The molecule has 0 aliphatic rings. The first kappa shape index (κ1) is 17.8. The number of nitrogens with one attached hydrogen (secondary N) is 1. The monoisotopic (exact) mass is 370 g/mol. The van der Waals surface area contributed by atoms with Crippen LogP contribution >= 0.6 is 11.3 Å². The molecule has 0 radical (unpaired) electrons. The number of hydrogen-bond donors (Lipinski definition) is 1. The van der Waals surface area contributed by atoms with Crippen molar-refractivity contribution in [1.29, 1.82) is 0 Å². The number of carbonyl (C=O) groups excluding carboxylic acids is 2. The summed E-state index contributed by atoms with van der Waals surface area (Å²) in [4.78, 5) is 28.7. The second-order valence-corrected chi connectivity index (χ2v) is 6.70. The van der Waals surface area contributed by atoms with Crippen LogP contribution in [0.3, 0.4) is 0 Å². The van der Waals surface area contributed by atoms with Crippen molar-refractivity contribution in [2.75, 3.05) is 5.32 Å². The molecule has 1 N–H and O–H groups in total. The molecule has 8 heteroatoms. The zero-order valence-corrected chi connectivity index (χ0v) is 15.4. The molecule has 1 atom stereocenters. The quantitative estimate of drug-likeness (QED) is 0.698. The Hall–Kier alpha value is -3.00. The lowest BCUT2D eigenvalue weighted by atomic mass is 10.2. The van der Waals surface area contributed by atoms with Crippen LogP contribution in [0.5, 0.6) is 0 Å². The molecule has 0 saturated heterocycles. The Morgan fingerprint density at radius 2 is 2.15 bits per heavy atom. The average Bonchev–Trinajstić information content (AvgIpc) is 3.23. The summed E-state index contributed by atoms with van der Waals surface area (Å²) in [6, 6.07) is 7.39. The predicted molar refractivity (Wildman–Crippen MR) is 99.0 cm³/mol. The van der Waals surface area contributed by atoms with Gasteiger partial charge in [-0.3, -0.25) is 9.48 Å². The molecule has 0 aliphatic heterocycles. The number of aryl methyl sites for hydroxylation is 2. The van der Waals surface area contributed by atoms with Gasteiger partial charge < -0.3 is 10.1 Å². The topological polar surface area (TPSA) is 86.1 Å². The van der Waals surface area contributed by atoms with Crippen LogP contribution in [0.15, 0.2) is 42.0 Å². The minimum Gasteiger partial charge on any atom is -0.448 e. The number of ether oxygens (including phenoxy) is 1. The molecule has 0 spiro atoms. The standard InChI is InChI=1S/C18H18N4O3S/c1-11-5-4-6-14(7-11)20-16(23)12(2)25-18(24)15-10-26-17(21-15)13-8-19-22(3)9-13/h4-10,12H,1-3H3,(H,20,23). The maximum Gasteiger partial charge on any atom is 0.358 e. The van der Waals surface area contributed by atoms with Gasteiger partial charge >= 0.3 is 5.97 Å². The fourth-order valence-electron chi connectivity index (χ4n) is 2.27. The summed E-state index contributed by atoms with van der Waals surface area (Å²) in [5.74, 6) is -1.03. The third-order valence-corrected chi connectivity index (χ3v) is 4.50. The zero-order valence-electron chi connectivity index (χ0n) is 14.6. The van der Waals surface area contributed by atoms with E-state index in [9.17, 15) is 9.59 Å². The maximum absolute atomic E-state index is 12.2. The lowest BCUT2D eigenvalue weighted by Gasteiger charge is -2.13. The molecule has 2 heterocycles. The SMILES string of the molecule is Cc1cccc(NC(=O)C(C)OC(=O)c2csc(-c3cnn(C)c3)n2)c1. The number of nitrogens with zero attached hydrogens (tertiary/aromatic N) is 3. The second kappa shape index (κ2) is 7.49. The molecule has 0 saturated carbocycles. The first-order valence-electron chi connectivity index (χ1n) is 7.95. The Kier molecular flexibility index (Phi) is 5.13. The van der Waals surface area contributed by atoms with E-state index in [2.05, 4.69) is 15.4 Å². The van der Waals surface area contributed by atoms with Crippen molar-refractivity contribution in [2.24, 2.45) is 7.05 Å². The molecule has 7 nitrogen and oxygen atoms in total. The molecule has 1 aromatic carbocycles. The van der Waals surface area contributed by atoms with E-state index in [1.807, 2.05) is 31.3 Å². The predicted octanol–water partition coefficient (Wildman–Crippen LogP) is 3.04. The van der Waals surface area contributed by atoms with Gasteiger partial charge in [0.2, 0.25) is 0 Å². The summed E-state index contributed by atoms with van der Waals surface area (Å²) in [6.45, 7) is 3.46. The summed E-state index contributed by atoms with van der Waals surface area (Å²) < 4.78 is 6.89. The highest BCUT2D eigenvalue weighted by Crippen LogP contribution is 2.23. The van der Waals surface area contributed by atoms with Gasteiger partial charge in [-0.05, 0) is 31.5 Å². The first-order chi connectivity index (χ1) is 12.4. The molecular formula is C18H18N4O3S. The Balaban J connectivity index is 1.62. The molecule has 134 valence electrons. The van der Waals surface area contributed by atoms with Gasteiger partial charge in [0.05, 0.1) is 6.20 Å². The summed E-state index contributed by atoms with van der Waals surface area (Å²) >= 11 is 1.32. The van der Waals surface area contributed by atoms with Gasteiger partial charge in [0.1, 0.15) is 5.01 Å². The first-order valence-corrected chi connectivity index (χ1v) is 8.83. The molecular weight excluding hydrogens is 352 g/mol. The van der Waals surface area contributed by atoms with E-state index in [1.54, 1.807) is 29.4 Å². The van der Waals surface area contributed by atoms with Gasteiger partial charge in [-0.1, -0.05) is 12.1 Å². The van der Waals surface area contributed by atoms with Crippen molar-refractivity contribution in [1.82, 2.24) is 14.8 Å². The molecule has 3 aromatic rings. The molecule has 0 bridgehead atoms. The van der Waals surface area contributed by atoms with Crippen LogP contribution in [0.1, 0.15) is 23.0 Å². The number of amides is 1. The molecule has 1 unspecified atom stereocenters. The maximum atomic E-state index is 12.2. The van der Waals surface area contributed by atoms with Gasteiger partial charge in [-0.25, -0.2) is 9.78 Å². The summed E-state index contributed by atoms with van der Waals surface area (Å²) in [5.41, 5.74) is 2.68. The lowest BCUT2D eigenvalue weighted by molar-refractivity contribution is -0.123. The van der Waals surface area contributed by atoms with Crippen LogP contribution in [-0.2, 0) is 16.6 Å². The fraction of sp³-hybridized carbons (Fsp3) is 0.222. The van der Waals surface area contributed by atoms with Crippen LogP contribution in [-0.4, -0.2) is 32.7 Å². The van der Waals surface area contributed by atoms with Gasteiger partial charge in [0.15, 0.2) is 11.8 Å². The molecule has 1 amide bonds. The zero-order chi connectivity index (χ0) is 18.7. The van der Waals surface area contributed by atoms with Crippen LogP contribution < -0.4 is 5.32 Å². The highest BCUT2D eigenvalue weighted by atomic mass is 32.1. The highest BCUT2D eigenvalue weighted by Gasteiger charge is 2.21. The molecule has 0 aliphatic carbocycles. The summed E-state index contributed by atoms with van der Waals surface area (Å²) in [7, 11) is 1.81. The van der Waals surface area contributed by atoms with Crippen molar-refractivity contribution < 1.29 is 14.3 Å². The largest absolute Gasteiger partial charge is 0.448 e. The molecule has 3 rings (SSSR count). The third-order valence-electron chi connectivity index (χ3n) is 3.60. The highest BCUT2D eigenvalue weighted by molar-refractivity contribution is 7.13. The normalized spacial score (nSPS) is 11.8. The number of benzene rings is 1. The molecule has 26 heavy (non-hydrogen) atoms.